The van der Waals surface area contributed by atoms with Crippen molar-refractivity contribution in [2.45, 2.75) is 17.4 Å². The van der Waals surface area contributed by atoms with Crippen molar-refractivity contribution in [2.24, 2.45) is 5.73 Å². The summed E-state index contributed by atoms with van der Waals surface area (Å²) in [6.07, 6.45) is 1.05. The minimum atomic E-state index is 0.552. The van der Waals surface area contributed by atoms with Gasteiger partial charge < -0.3 is 15.4 Å². The Labute approximate surface area is 101 Å². The van der Waals surface area contributed by atoms with E-state index in [1.165, 1.54) is 10.6 Å². The maximum atomic E-state index is 5.63. The lowest BCUT2D eigenvalue weighted by Crippen LogP contribution is -2.38. The quantitative estimate of drug-likeness (QED) is 0.873. The van der Waals surface area contributed by atoms with Crippen LogP contribution < -0.4 is 15.4 Å². The van der Waals surface area contributed by atoms with E-state index in [0.29, 0.717) is 6.04 Å². The molecule has 0 radical (unpaired) electrons. The summed E-state index contributed by atoms with van der Waals surface area (Å²) in [5.74, 6) is 2.03. The first kappa shape index (κ1) is 11.6. The number of fused-ring (bicyclic) bond motifs is 1. The molecule has 16 heavy (non-hydrogen) atoms. The summed E-state index contributed by atoms with van der Waals surface area (Å²) in [6, 6.07) is 6.80. The topological polar surface area (TPSA) is 38.5 Å². The summed E-state index contributed by atoms with van der Waals surface area (Å²) >= 11 is 1.89. The smallest absolute Gasteiger partial charge is 0.120 e. The minimum Gasteiger partial charge on any atom is -0.497 e. The Hall–Kier alpha value is -0.870. The summed E-state index contributed by atoms with van der Waals surface area (Å²) < 4.78 is 5.24. The van der Waals surface area contributed by atoms with E-state index in [2.05, 4.69) is 24.1 Å². The van der Waals surface area contributed by atoms with Gasteiger partial charge in [-0.2, -0.15) is 0 Å². The lowest BCUT2D eigenvalue weighted by atomic mass is 10.1. The van der Waals surface area contributed by atoms with Crippen molar-refractivity contribution in [3.8, 4) is 5.75 Å². The van der Waals surface area contributed by atoms with Crippen molar-refractivity contribution in [1.82, 2.24) is 0 Å². The van der Waals surface area contributed by atoms with Crippen LogP contribution in [0, 0.1) is 0 Å². The van der Waals surface area contributed by atoms with Gasteiger partial charge in [-0.15, -0.1) is 11.8 Å². The van der Waals surface area contributed by atoms with Gasteiger partial charge in [0.1, 0.15) is 5.75 Å². The highest BCUT2D eigenvalue weighted by Crippen LogP contribution is 2.39. The molecule has 0 fully saturated rings. The molecule has 1 aliphatic rings. The number of hydrogen-bond acceptors (Lipinski definition) is 4. The van der Waals surface area contributed by atoms with Crippen LogP contribution in [-0.4, -0.2) is 32.5 Å². The van der Waals surface area contributed by atoms with E-state index in [1.54, 1.807) is 7.11 Å². The fraction of sp³-hybridized carbons (Fsp3) is 0.500. The molecule has 1 aromatic carbocycles. The minimum absolute atomic E-state index is 0.552. The molecule has 0 spiro atoms. The highest BCUT2D eigenvalue weighted by molar-refractivity contribution is 7.99. The van der Waals surface area contributed by atoms with Gasteiger partial charge in [0.05, 0.1) is 12.8 Å². The van der Waals surface area contributed by atoms with Gasteiger partial charge in [-0.05, 0) is 31.2 Å². The molecule has 0 aromatic heterocycles. The molecular formula is C12H18N2OS. The van der Waals surface area contributed by atoms with Gasteiger partial charge >= 0.3 is 0 Å². The van der Waals surface area contributed by atoms with Crippen molar-refractivity contribution in [1.29, 1.82) is 0 Å². The number of methoxy groups -OCH3 is 1. The van der Waals surface area contributed by atoms with Crippen LogP contribution in [0.1, 0.15) is 6.42 Å². The molecule has 1 unspecified atom stereocenters. The number of ether oxygens (including phenoxy) is 1. The summed E-state index contributed by atoms with van der Waals surface area (Å²) in [7, 11) is 3.85. The van der Waals surface area contributed by atoms with Crippen LogP contribution in [0.4, 0.5) is 5.69 Å². The number of anilines is 1. The van der Waals surface area contributed by atoms with E-state index < -0.39 is 0 Å². The average molecular weight is 238 g/mol. The molecule has 2 rings (SSSR count). The molecule has 1 atom stereocenters. The Morgan fingerprint density at radius 1 is 1.56 bits per heavy atom. The second-order valence-corrected chi connectivity index (χ2v) is 5.05. The van der Waals surface area contributed by atoms with Gasteiger partial charge in [-0.1, -0.05) is 0 Å². The SMILES string of the molecule is COc1ccc2c(c1)SCC(CCN)N2C. The zero-order valence-corrected chi connectivity index (χ0v) is 10.6. The summed E-state index contributed by atoms with van der Waals surface area (Å²) in [5.41, 5.74) is 6.92. The monoisotopic (exact) mass is 238 g/mol. The van der Waals surface area contributed by atoms with Crippen LogP contribution in [0.3, 0.4) is 0 Å². The maximum absolute atomic E-state index is 5.63. The predicted molar refractivity (Wildman–Crippen MR) is 69.6 cm³/mol. The molecule has 0 bridgehead atoms. The molecule has 0 aliphatic carbocycles. The van der Waals surface area contributed by atoms with Crippen LogP contribution in [0.25, 0.3) is 0 Å². The van der Waals surface area contributed by atoms with Crippen molar-refractivity contribution in [2.75, 3.05) is 31.4 Å². The number of benzene rings is 1. The molecular weight excluding hydrogens is 220 g/mol. The number of thioether (sulfide) groups is 1. The van der Waals surface area contributed by atoms with Gasteiger partial charge in [0.25, 0.3) is 0 Å². The van der Waals surface area contributed by atoms with E-state index in [0.717, 1.165) is 24.5 Å². The molecule has 1 heterocycles. The first-order valence-electron chi connectivity index (χ1n) is 5.50. The third kappa shape index (κ3) is 2.13. The van der Waals surface area contributed by atoms with E-state index in [-0.39, 0.29) is 0 Å². The zero-order chi connectivity index (χ0) is 11.5. The maximum Gasteiger partial charge on any atom is 0.120 e. The second-order valence-electron chi connectivity index (χ2n) is 3.99. The van der Waals surface area contributed by atoms with Crippen LogP contribution >= 0.6 is 11.8 Å². The molecule has 1 aromatic rings. The molecule has 3 nitrogen and oxygen atoms in total. The third-order valence-corrected chi connectivity index (χ3v) is 4.22. The molecule has 0 amide bonds. The van der Waals surface area contributed by atoms with E-state index in [4.69, 9.17) is 10.5 Å². The fourth-order valence-corrected chi connectivity index (χ4v) is 3.31. The van der Waals surface area contributed by atoms with Gasteiger partial charge in [0.15, 0.2) is 0 Å². The van der Waals surface area contributed by atoms with Crippen LogP contribution in [0.5, 0.6) is 5.75 Å². The van der Waals surface area contributed by atoms with Crippen molar-refractivity contribution in [3.05, 3.63) is 18.2 Å². The third-order valence-electron chi connectivity index (χ3n) is 3.03. The Balaban J connectivity index is 2.24. The first-order chi connectivity index (χ1) is 7.76. The average Bonchev–Trinajstić information content (AvgIpc) is 2.32. The number of nitrogens with two attached hydrogens (primary N) is 1. The van der Waals surface area contributed by atoms with Crippen molar-refractivity contribution >= 4 is 17.4 Å². The highest BCUT2D eigenvalue weighted by Gasteiger charge is 2.23. The summed E-state index contributed by atoms with van der Waals surface area (Å²) in [6.45, 7) is 0.751. The Bertz CT molecular complexity index is 370. The second kappa shape index (κ2) is 4.97. The summed E-state index contributed by atoms with van der Waals surface area (Å²) in [4.78, 5) is 3.63. The number of rotatable bonds is 3. The Morgan fingerprint density at radius 2 is 2.38 bits per heavy atom. The van der Waals surface area contributed by atoms with E-state index in [1.807, 2.05) is 17.8 Å². The Morgan fingerprint density at radius 3 is 3.06 bits per heavy atom. The molecule has 1 aliphatic heterocycles. The zero-order valence-electron chi connectivity index (χ0n) is 9.77. The van der Waals surface area contributed by atoms with Crippen LogP contribution in [0.2, 0.25) is 0 Å². The number of hydrogen-bond donors (Lipinski definition) is 1. The predicted octanol–water partition coefficient (Wildman–Crippen LogP) is 1.95. The van der Waals surface area contributed by atoms with Crippen molar-refractivity contribution in [3.63, 3.8) is 0 Å². The Kier molecular flexibility index (Phi) is 3.61. The molecule has 4 heteroatoms. The van der Waals surface area contributed by atoms with Crippen LogP contribution in [0.15, 0.2) is 23.1 Å². The van der Waals surface area contributed by atoms with E-state index >= 15 is 0 Å². The van der Waals surface area contributed by atoms with Gasteiger partial charge in [-0.3, -0.25) is 0 Å². The molecule has 2 N–H and O–H groups in total. The molecule has 0 saturated carbocycles. The number of nitrogens with zero attached hydrogens (tertiary/aromatic N) is 1. The lowest BCUT2D eigenvalue weighted by molar-refractivity contribution is 0.413. The molecule has 0 saturated heterocycles. The lowest BCUT2D eigenvalue weighted by Gasteiger charge is -2.35. The fourth-order valence-electron chi connectivity index (χ4n) is 1.99. The van der Waals surface area contributed by atoms with Crippen LogP contribution in [-0.2, 0) is 0 Å². The molecule has 88 valence electrons. The van der Waals surface area contributed by atoms with Crippen molar-refractivity contribution < 1.29 is 4.74 Å². The largest absolute Gasteiger partial charge is 0.497 e. The standard InChI is InChI=1S/C12H18N2OS/c1-14-9(5-6-13)8-16-12-7-10(15-2)3-4-11(12)14/h3-4,7,9H,5-6,8,13H2,1-2H3. The van der Waals surface area contributed by atoms with E-state index in [9.17, 15) is 0 Å². The van der Waals surface area contributed by atoms with Gasteiger partial charge in [-0.25, -0.2) is 0 Å². The summed E-state index contributed by atoms with van der Waals surface area (Å²) in [5, 5.41) is 0. The van der Waals surface area contributed by atoms with Gasteiger partial charge in [0, 0.05) is 23.7 Å². The normalized spacial score (nSPS) is 19.4. The van der Waals surface area contributed by atoms with Gasteiger partial charge in [0.2, 0.25) is 0 Å². The highest BCUT2D eigenvalue weighted by atomic mass is 32.2. The first-order valence-corrected chi connectivity index (χ1v) is 6.48.